The number of hydrogen-bond acceptors (Lipinski definition) is 3. The first kappa shape index (κ1) is 14.5. The minimum atomic E-state index is -2.36. The average Bonchev–Trinajstić information content (AvgIpc) is 2.85. The third-order valence-electron chi connectivity index (χ3n) is 3.48. The van der Waals surface area contributed by atoms with Crippen LogP contribution < -0.4 is 0 Å². The van der Waals surface area contributed by atoms with Crippen molar-refractivity contribution < 1.29 is 23.8 Å². The first-order valence-corrected chi connectivity index (χ1v) is 6.27. The van der Waals surface area contributed by atoms with Crippen LogP contribution in [0.25, 0.3) is 0 Å². The number of benzene rings is 1. The summed E-state index contributed by atoms with van der Waals surface area (Å²) < 4.78 is 19.2. The number of carboxylic acid groups (broad SMARTS) is 1. The number of alkyl halides is 1. The second kappa shape index (κ2) is 5.58. The predicted molar refractivity (Wildman–Crippen MR) is 68.9 cm³/mol. The zero-order valence-electron chi connectivity index (χ0n) is 11.1. The Morgan fingerprint density at radius 2 is 2.05 bits per heavy atom. The number of likely N-dealkylation sites (tertiary alicyclic amines) is 1. The molecule has 0 saturated carbocycles. The number of ether oxygens (including phenoxy) is 1. The lowest BCUT2D eigenvalue weighted by Gasteiger charge is -2.23. The van der Waals surface area contributed by atoms with Gasteiger partial charge in [-0.3, -0.25) is 4.79 Å². The van der Waals surface area contributed by atoms with E-state index in [0.29, 0.717) is 5.56 Å². The molecule has 1 aromatic rings. The molecule has 1 amide bonds. The number of methoxy groups -OCH3 is 1. The van der Waals surface area contributed by atoms with Gasteiger partial charge in [-0.05, 0) is 5.56 Å². The van der Waals surface area contributed by atoms with Gasteiger partial charge in [0.2, 0.25) is 5.67 Å². The maximum atomic E-state index is 14.0. The largest absolute Gasteiger partial charge is 0.479 e. The summed E-state index contributed by atoms with van der Waals surface area (Å²) in [5, 5.41) is 8.84. The molecule has 1 N–H and O–H groups in total. The van der Waals surface area contributed by atoms with Crippen molar-refractivity contribution in [3.05, 3.63) is 35.9 Å². The fourth-order valence-corrected chi connectivity index (χ4v) is 2.31. The van der Waals surface area contributed by atoms with Crippen LogP contribution in [0, 0.1) is 0 Å². The first-order valence-electron chi connectivity index (χ1n) is 6.27. The van der Waals surface area contributed by atoms with Gasteiger partial charge >= 0.3 is 5.97 Å². The molecule has 108 valence electrons. The molecule has 0 aromatic heterocycles. The van der Waals surface area contributed by atoms with E-state index in [0.717, 1.165) is 0 Å². The number of rotatable bonds is 4. The Morgan fingerprint density at radius 1 is 1.40 bits per heavy atom. The standard InChI is InChI=1S/C14H16FNO4/c1-20-11(10-5-3-2-4-6-10)12(17)16-8-7-14(15,9-16)13(18)19/h2-6,11H,7-9H2,1H3,(H,18,19)/t11-,14?/m1/s1. The normalized spacial score (nSPS) is 23.6. The Morgan fingerprint density at radius 3 is 2.55 bits per heavy atom. The van der Waals surface area contributed by atoms with Crippen molar-refractivity contribution in [2.75, 3.05) is 20.2 Å². The van der Waals surface area contributed by atoms with Gasteiger partial charge in [0.05, 0.1) is 6.54 Å². The van der Waals surface area contributed by atoms with Gasteiger partial charge in [0.25, 0.3) is 5.91 Å². The van der Waals surface area contributed by atoms with Gasteiger partial charge in [-0.25, -0.2) is 9.18 Å². The summed E-state index contributed by atoms with van der Waals surface area (Å²) in [6.45, 7) is -0.359. The number of carbonyl (C=O) groups excluding carboxylic acids is 1. The second-order valence-electron chi connectivity index (χ2n) is 4.81. The quantitative estimate of drug-likeness (QED) is 0.906. The molecule has 2 atom stereocenters. The van der Waals surface area contributed by atoms with Gasteiger partial charge in [-0.1, -0.05) is 30.3 Å². The van der Waals surface area contributed by atoms with Crippen LogP contribution >= 0.6 is 0 Å². The Balaban J connectivity index is 2.13. The summed E-state index contributed by atoms with van der Waals surface area (Å²) in [5.74, 6) is -1.94. The lowest BCUT2D eigenvalue weighted by atomic mass is 10.1. The highest BCUT2D eigenvalue weighted by Gasteiger charge is 2.47. The van der Waals surface area contributed by atoms with Crippen LogP contribution in [0.5, 0.6) is 0 Å². The van der Waals surface area contributed by atoms with Crippen LogP contribution in [-0.2, 0) is 14.3 Å². The third kappa shape index (κ3) is 2.65. The maximum Gasteiger partial charge on any atom is 0.343 e. The Kier molecular flexibility index (Phi) is 4.04. The zero-order chi connectivity index (χ0) is 14.8. The number of carbonyl (C=O) groups is 2. The molecule has 1 aliphatic heterocycles. The van der Waals surface area contributed by atoms with E-state index < -0.39 is 30.2 Å². The Labute approximate surface area is 116 Å². The average molecular weight is 281 g/mol. The smallest absolute Gasteiger partial charge is 0.343 e. The SMILES string of the molecule is CO[C@@H](C(=O)N1CCC(F)(C(=O)O)C1)c1ccccc1. The van der Waals surface area contributed by atoms with Crippen LogP contribution in [0.1, 0.15) is 18.1 Å². The Hall–Kier alpha value is -1.95. The van der Waals surface area contributed by atoms with E-state index in [1.165, 1.54) is 12.0 Å². The summed E-state index contributed by atoms with van der Waals surface area (Å²) in [6, 6.07) is 8.84. The molecular formula is C14H16FNO4. The molecule has 0 spiro atoms. The highest BCUT2D eigenvalue weighted by molar-refractivity contribution is 5.85. The molecule has 0 bridgehead atoms. The number of nitrogens with zero attached hydrogens (tertiary/aromatic N) is 1. The van der Waals surface area contributed by atoms with Crippen LogP contribution in [0.4, 0.5) is 4.39 Å². The molecule has 1 heterocycles. The molecule has 1 saturated heterocycles. The van der Waals surface area contributed by atoms with E-state index >= 15 is 0 Å². The van der Waals surface area contributed by atoms with Crippen molar-refractivity contribution in [3.63, 3.8) is 0 Å². The van der Waals surface area contributed by atoms with Crippen LogP contribution in [0.3, 0.4) is 0 Å². The number of amides is 1. The fraction of sp³-hybridized carbons (Fsp3) is 0.429. The highest BCUT2D eigenvalue weighted by atomic mass is 19.1. The number of carboxylic acids is 1. The van der Waals surface area contributed by atoms with Crippen molar-refractivity contribution in [2.24, 2.45) is 0 Å². The van der Waals surface area contributed by atoms with Gasteiger partial charge in [0.15, 0.2) is 6.10 Å². The number of aliphatic carboxylic acids is 1. The molecular weight excluding hydrogens is 265 g/mol. The van der Waals surface area contributed by atoms with Crippen molar-refractivity contribution in [2.45, 2.75) is 18.2 Å². The van der Waals surface area contributed by atoms with Gasteiger partial charge in [-0.2, -0.15) is 0 Å². The predicted octanol–water partition coefficient (Wildman–Crippen LogP) is 1.40. The second-order valence-corrected chi connectivity index (χ2v) is 4.81. The summed E-state index contributed by atoms with van der Waals surface area (Å²) in [6.07, 6.45) is -1.04. The van der Waals surface area contributed by atoms with Crippen LogP contribution in [-0.4, -0.2) is 47.8 Å². The van der Waals surface area contributed by atoms with Crippen molar-refractivity contribution in [1.29, 1.82) is 0 Å². The van der Waals surface area contributed by atoms with Gasteiger partial charge < -0.3 is 14.7 Å². The van der Waals surface area contributed by atoms with E-state index in [9.17, 15) is 14.0 Å². The summed E-state index contributed by atoms with van der Waals surface area (Å²) >= 11 is 0. The molecule has 1 fully saturated rings. The van der Waals surface area contributed by atoms with E-state index in [1.54, 1.807) is 24.3 Å². The molecule has 20 heavy (non-hydrogen) atoms. The summed E-state index contributed by atoms with van der Waals surface area (Å²) in [7, 11) is 1.39. The zero-order valence-corrected chi connectivity index (χ0v) is 11.1. The van der Waals surface area contributed by atoms with E-state index in [2.05, 4.69) is 0 Å². The van der Waals surface area contributed by atoms with Crippen LogP contribution in [0.2, 0.25) is 0 Å². The minimum absolute atomic E-state index is 0.0777. The lowest BCUT2D eigenvalue weighted by Crippen LogP contribution is -2.40. The van der Waals surface area contributed by atoms with E-state index in [-0.39, 0.29) is 13.0 Å². The van der Waals surface area contributed by atoms with Crippen molar-refractivity contribution in [3.8, 4) is 0 Å². The topological polar surface area (TPSA) is 66.8 Å². The van der Waals surface area contributed by atoms with Gasteiger partial charge in [0, 0.05) is 20.1 Å². The van der Waals surface area contributed by atoms with E-state index in [1.807, 2.05) is 6.07 Å². The lowest BCUT2D eigenvalue weighted by molar-refractivity contribution is -0.151. The van der Waals surface area contributed by atoms with Gasteiger partial charge in [0.1, 0.15) is 0 Å². The number of halogens is 1. The van der Waals surface area contributed by atoms with Gasteiger partial charge in [-0.15, -0.1) is 0 Å². The molecule has 0 radical (unpaired) electrons. The van der Waals surface area contributed by atoms with Crippen molar-refractivity contribution in [1.82, 2.24) is 4.90 Å². The third-order valence-corrected chi connectivity index (χ3v) is 3.48. The number of hydrogen-bond donors (Lipinski definition) is 1. The molecule has 1 unspecified atom stereocenters. The fourth-order valence-electron chi connectivity index (χ4n) is 2.31. The van der Waals surface area contributed by atoms with Crippen molar-refractivity contribution >= 4 is 11.9 Å². The molecule has 2 rings (SSSR count). The van der Waals surface area contributed by atoms with E-state index in [4.69, 9.17) is 9.84 Å². The maximum absolute atomic E-state index is 14.0. The highest BCUT2D eigenvalue weighted by Crippen LogP contribution is 2.29. The van der Waals surface area contributed by atoms with Crippen LogP contribution in [0.15, 0.2) is 30.3 Å². The molecule has 5 nitrogen and oxygen atoms in total. The molecule has 1 aliphatic rings. The minimum Gasteiger partial charge on any atom is -0.479 e. The Bertz CT molecular complexity index is 507. The monoisotopic (exact) mass is 281 g/mol. The molecule has 0 aliphatic carbocycles. The first-order chi connectivity index (χ1) is 9.48. The molecule has 6 heteroatoms. The summed E-state index contributed by atoms with van der Waals surface area (Å²) in [5.41, 5.74) is -1.70. The summed E-state index contributed by atoms with van der Waals surface area (Å²) in [4.78, 5) is 24.4. The molecule has 1 aromatic carbocycles.